The molecular weight excluding hydrogens is 239 g/mol. The summed E-state index contributed by atoms with van der Waals surface area (Å²) in [6.07, 6.45) is -0.0845. The Hall–Kier alpha value is -1.95. The number of carboxylic acids is 1. The van der Waals surface area contributed by atoms with Gasteiger partial charge in [0.2, 0.25) is 5.91 Å². The third-order valence-electron chi connectivity index (χ3n) is 2.36. The van der Waals surface area contributed by atoms with Gasteiger partial charge < -0.3 is 16.2 Å². The van der Waals surface area contributed by atoms with E-state index in [4.69, 9.17) is 10.8 Å². The van der Waals surface area contributed by atoms with Crippen LogP contribution in [-0.4, -0.2) is 23.0 Å². The summed E-state index contributed by atoms with van der Waals surface area (Å²) in [4.78, 5) is 21.8. The molecule has 1 rings (SSSR count). The van der Waals surface area contributed by atoms with Gasteiger partial charge in [0.25, 0.3) is 0 Å². The standard InChI is InChI=1S/C12H15FN2O3/c13-9-3-1-2-8(6-9)7-15-12(18)10(14)4-5-11(16)17/h1-3,6,10H,4-5,7,14H2,(H,15,18)(H,16,17). The molecule has 6 heteroatoms. The molecule has 1 aromatic carbocycles. The number of rotatable bonds is 6. The molecule has 98 valence electrons. The zero-order valence-electron chi connectivity index (χ0n) is 9.73. The van der Waals surface area contributed by atoms with Crippen molar-refractivity contribution in [2.24, 2.45) is 5.73 Å². The Kier molecular flexibility index (Phi) is 5.26. The highest BCUT2D eigenvalue weighted by atomic mass is 19.1. The molecule has 0 saturated carbocycles. The summed E-state index contributed by atoms with van der Waals surface area (Å²) in [5.74, 6) is -1.82. The molecule has 0 heterocycles. The zero-order valence-corrected chi connectivity index (χ0v) is 9.73. The van der Waals surface area contributed by atoms with E-state index >= 15 is 0 Å². The molecule has 0 spiro atoms. The van der Waals surface area contributed by atoms with Crippen LogP contribution in [0.4, 0.5) is 4.39 Å². The summed E-state index contributed by atoms with van der Waals surface area (Å²) >= 11 is 0. The third-order valence-corrected chi connectivity index (χ3v) is 2.36. The van der Waals surface area contributed by atoms with Crippen LogP contribution >= 0.6 is 0 Å². The Bertz CT molecular complexity index is 437. The van der Waals surface area contributed by atoms with Crippen molar-refractivity contribution >= 4 is 11.9 Å². The maximum absolute atomic E-state index is 12.9. The summed E-state index contributed by atoms with van der Waals surface area (Å²) in [5, 5.41) is 11.0. The first-order valence-corrected chi connectivity index (χ1v) is 5.48. The minimum atomic E-state index is -0.997. The molecule has 5 nitrogen and oxygen atoms in total. The van der Waals surface area contributed by atoms with Gasteiger partial charge in [-0.2, -0.15) is 0 Å². The summed E-state index contributed by atoms with van der Waals surface area (Å²) in [6, 6.07) is 4.97. The monoisotopic (exact) mass is 254 g/mol. The number of hydrogen-bond donors (Lipinski definition) is 3. The number of hydrogen-bond acceptors (Lipinski definition) is 3. The molecule has 1 atom stereocenters. The van der Waals surface area contributed by atoms with Crippen molar-refractivity contribution in [3.63, 3.8) is 0 Å². The first-order valence-electron chi connectivity index (χ1n) is 5.48. The second-order valence-electron chi connectivity index (χ2n) is 3.89. The number of aliphatic carboxylic acids is 1. The first-order chi connectivity index (χ1) is 8.49. The predicted molar refractivity (Wildman–Crippen MR) is 63.1 cm³/mol. The second-order valence-corrected chi connectivity index (χ2v) is 3.89. The Morgan fingerprint density at radius 3 is 2.78 bits per heavy atom. The lowest BCUT2D eigenvalue weighted by atomic mass is 10.1. The van der Waals surface area contributed by atoms with Crippen molar-refractivity contribution < 1.29 is 19.1 Å². The number of benzene rings is 1. The van der Waals surface area contributed by atoms with Crippen molar-refractivity contribution in [3.8, 4) is 0 Å². The van der Waals surface area contributed by atoms with E-state index in [2.05, 4.69) is 5.32 Å². The molecule has 1 aromatic rings. The van der Waals surface area contributed by atoms with Crippen LogP contribution in [0.2, 0.25) is 0 Å². The van der Waals surface area contributed by atoms with E-state index in [0.717, 1.165) is 0 Å². The normalized spacial score (nSPS) is 11.9. The molecule has 0 saturated heterocycles. The van der Waals surface area contributed by atoms with E-state index in [9.17, 15) is 14.0 Å². The van der Waals surface area contributed by atoms with Gasteiger partial charge in [-0.3, -0.25) is 9.59 Å². The lowest BCUT2D eigenvalue weighted by Crippen LogP contribution is -2.40. The van der Waals surface area contributed by atoms with Gasteiger partial charge in [-0.1, -0.05) is 12.1 Å². The number of nitrogens with one attached hydrogen (secondary N) is 1. The minimum absolute atomic E-state index is 0.0737. The summed E-state index contributed by atoms with van der Waals surface area (Å²) in [6.45, 7) is 0.164. The van der Waals surface area contributed by atoms with Crippen LogP contribution in [0.3, 0.4) is 0 Å². The maximum atomic E-state index is 12.9. The molecule has 0 aromatic heterocycles. The smallest absolute Gasteiger partial charge is 0.303 e. The number of amides is 1. The van der Waals surface area contributed by atoms with Gasteiger partial charge in [-0.25, -0.2) is 4.39 Å². The van der Waals surface area contributed by atoms with E-state index < -0.39 is 17.9 Å². The molecule has 18 heavy (non-hydrogen) atoms. The van der Waals surface area contributed by atoms with Crippen LogP contribution in [0.15, 0.2) is 24.3 Å². The van der Waals surface area contributed by atoms with E-state index in [1.165, 1.54) is 12.1 Å². The fraction of sp³-hybridized carbons (Fsp3) is 0.333. The summed E-state index contributed by atoms with van der Waals surface area (Å²) in [5.41, 5.74) is 6.13. The quantitative estimate of drug-likeness (QED) is 0.694. The highest BCUT2D eigenvalue weighted by molar-refractivity contribution is 5.82. The van der Waals surface area contributed by atoms with E-state index in [1.54, 1.807) is 12.1 Å². The number of carbonyl (C=O) groups is 2. The van der Waals surface area contributed by atoms with Crippen molar-refractivity contribution in [1.82, 2.24) is 5.32 Å². The van der Waals surface area contributed by atoms with Crippen LogP contribution < -0.4 is 11.1 Å². The van der Waals surface area contributed by atoms with Crippen LogP contribution in [0.5, 0.6) is 0 Å². The van der Waals surface area contributed by atoms with Gasteiger partial charge in [0.05, 0.1) is 6.04 Å². The molecule has 1 amide bonds. The molecule has 0 aliphatic rings. The molecular formula is C12H15FN2O3. The van der Waals surface area contributed by atoms with Gasteiger partial charge in [0.15, 0.2) is 0 Å². The SMILES string of the molecule is NC(CCC(=O)O)C(=O)NCc1cccc(F)c1. The van der Waals surface area contributed by atoms with Crippen molar-refractivity contribution in [3.05, 3.63) is 35.6 Å². The highest BCUT2D eigenvalue weighted by Gasteiger charge is 2.14. The average molecular weight is 254 g/mol. The van der Waals surface area contributed by atoms with Crippen molar-refractivity contribution in [2.75, 3.05) is 0 Å². The Morgan fingerprint density at radius 2 is 2.17 bits per heavy atom. The predicted octanol–water partition coefficient (Wildman–Crippen LogP) is 0.634. The number of carboxylic acid groups (broad SMARTS) is 1. The van der Waals surface area contributed by atoms with Gasteiger partial charge in [-0.05, 0) is 24.1 Å². The largest absolute Gasteiger partial charge is 0.481 e. The molecule has 1 unspecified atom stereocenters. The first kappa shape index (κ1) is 14.1. The van der Waals surface area contributed by atoms with Crippen LogP contribution in [0, 0.1) is 5.82 Å². The maximum Gasteiger partial charge on any atom is 0.303 e. The van der Waals surface area contributed by atoms with Crippen molar-refractivity contribution in [1.29, 1.82) is 0 Å². The Morgan fingerprint density at radius 1 is 1.44 bits per heavy atom. The van der Waals surface area contributed by atoms with Crippen LogP contribution in [0.1, 0.15) is 18.4 Å². The summed E-state index contributed by atoms with van der Waals surface area (Å²) < 4.78 is 12.9. The molecule has 4 N–H and O–H groups in total. The Balaban J connectivity index is 2.38. The second kappa shape index (κ2) is 6.70. The molecule has 0 aliphatic carbocycles. The number of nitrogens with two attached hydrogens (primary N) is 1. The van der Waals surface area contributed by atoms with Crippen LogP contribution in [-0.2, 0) is 16.1 Å². The molecule has 0 radical (unpaired) electrons. The third kappa shape index (κ3) is 4.92. The van der Waals surface area contributed by atoms with E-state index in [0.29, 0.717) is 5.56 Å². The van der Waals surface area contributed by atoms with E-state index in [-0.39, 0.29) is 25.2 Å². The van der Waals surface area contributed by atoms with E-state index in [1.807, 2.05) is 0 Å². The lowest BCUT2D eigenvalue weighted by Gasteiger charge is -2.11. The van der Waals surface area contributed by atoms with Gasteiger partial charge in [-0.15, -0.1) is 0 Å². The molecule has 0 bridgehead atoms. The number of halogens is 1. The van der Waals surface area contributed by atoms with Gasteiger partial charge >= 0.3 is 5.97 Å². The Labute approximate surface area is 104 Å². The lowest BCUT2D eigenvalue weighted by molar-refractivity contribution is -0.137. The fourth-order valence-electron chi connectivity index (χ4n) is 1.38. The number of carbonyl (C=O) groups excluding carboxylic acids is 1. The average Bonchev–Trinajstić information content (AvgIpc) is 2.33. The fourth-order valence-corrected chi connectivity index (χ4v) is 1.38. The highest BCUT2D eigenvalue weighted by Crippen LogP contribution is 2.03. The van der Waals surface area contributed by atoms with Gasteiger partial charge in [0.1, 0.15) is 5.82 Å². The zero-order chi connectivity index (χ0) is 13.5. The van der Waals surface area contributed by atoms with Crippen molar-refractivity contribution in [2.45, 2.75) is 25.4 Å². The van der Waals surface area contributed by atoms with Crippen LogP contribution in [0.25, 0.3) is 0 Å². The summed E-state index contributed by atoms with van der Waals surface area (Å²) in [7, 11) is 0. The van der Waals surface area contributed by atoms with Gasteiger partial charge in [0, 0.05) is 13.0 Å². The minimum Gasteiger partial charge on any atom is -0.481 e. The molecule has 0 aliphatic heterocycles. The molecule has 0 fully saturated rings. The topological polar surface area (TPSA) is 92.4 Å².